The van der Waals surface area contributed by atoms with Crippen molar-refractivity contribution in [3.05, 3.63) is 105 Å². The lowest BCUT2D eigenvalue weighted by Gasteiger charge is -2.32. The molecule has 178 valence electrons. The molecule has 0 aliphatic rings. The van der Waals surface area contributed by atoms with E-state index in [2.05, 4.69) is 5.32 Å². The Hall–Kier alpha value is -2.82. The minimum atomic E-state index is -0.666. The van der Waals surface area contributed by atoms with Crippen LogP contribution in [0.4, 0.5) is 0 Å². The molecule has 1 N–H and O–H groups in total. The maximum Gasteiger partial charge on any atom is 0.243 e. The molecule has 0 bridgehead atoms. The molecule has 0 spiro atoms. The molecule has 34 heavy (non-hydrogen) atoms. The average Bonchev–Trinajstić information content (AvgIpc) is 2.82. The smallest absolute Gasteiger partial charge is 0.243 e. The first-order chi connectivity index (χ1) is 16.4. The third kappa shape index (κ3) is 7.34. The number of halogens is 2. The summed E-state index contributed by atoms with van der Waals surface area (Å²) < 4.78 is 0. The number of rotatable bonds is 10. The first-order valence-electron chi connectivity index (χ1n) is 11.5. The van der Waals surface area contributed by atoms with E-state index in [4.69, 9.17) is 23.2 Å². The van der Waals surface area contributed by atoms with Crippen LogP contribution in [0.5, 0.6) is 0 Å². The van der Waals surface area contributed by atoms with Gasteiger partial charge in [0.25, 0.3) is 0 Å². The summed E-state index contributed by atoms with van der Waals surface area (Å²) in [6.45, 7) is 4.80. The lowest BCUT2D eigenvalue weighted by molar-refractivity contribution is -0.140. The number of hydrogen-bond acceptors (Lipinski definition) is 2. The third-order valence-corrected chi connectivity index (χ3v) is 6.33. The Bertz CT molecular complexity index is 1120. The number of aryl methyl sites for hydroxylation is 1. The van der Waals surface area contributed by atoms with E-state index >= 15 is 0 Å². The number of carbonyl (C=O) groups is 2. The van der Waals surface area contributed by atoms with Crippen LogP contribution >= 0.6 is 23.2 Å². The molecule has 0 aliphatic carbocycles. The van der Waals surface area contributed by atoms with Crippen molar-refractivity contribution in [2.24, 2.45) is 0 Å². The second-order valence-electron chi connectivity index (χ2n) is 8.43. The van der Waals surface area contributed by atoms with Gasteiger partial charge in [0.15, 0.2) is 0 Å². The Morgan fingerprint density at radius 1 is 0.882 bits per heavy atom. The van der Waals surface area contributed by atoms with Crippen molar-refractivity contribution in [2.45, 2.75) is 45.7 Å². The maximum atomic E-state index is 13.7. The van der Waals surface area contributed by atoms with Crippen LogP contribution in [0.15, 0.2) is 72.8 Å². The van der Waals surface area contributed by atoms with E-state index in [0.717, 1.165) is 28.7 Å². The first-order valence-corrected chi connectivity index (χ1v) is 12.2. The summed E-state index contributed by atoms with van der Waals surface area (Å²) in [5, 5.41) is 3.85. The van der Waals surface area contributed by atoms with E-state index in [-0.39, 0.29) is 24.8 Å². The molecule has 0 radical (unpaired) electrons. The van der Waals surface area contributed by atoms with Crippen LogP contribution in [0.3, 0.4) is 0 Å². The van der Waals surface area contributed by atoms with Gasteiger partial charge in [0, 0.05) is 19.5 Å². The largest absolute Gasteiger partial charge is 0.354 e. The van der Waals surface area contributed by atoms with Crippen LogP contribution < -0.4 is 5.32 Å². The molecule has 1 atom stereocenters. The van der Waals surface area contributed by atoms with Crippen molar-refractivity contribution in [3.63, 3.8) is 0 Å². The van der Waals surface area contributed by atoms with Crippen molar-refractivity contribution >= 4 is 35.0 Å². The lowest BCUT2D eigenvalue weighted by Crippen LogP contribution is -2.51. The van der Waals surface area contributed by atoms with Gasteiger partial charge in [-0.3, -0.25) is 9.59 Å². The topological polar surface area (TPSA) is 49.4 Å². The minimum Gasteiger partial charge on any atom is -0.354 e. The molecule has 3 rings (SSSR count). The highest BCUT2D eigenvalue weighted by Gasteiger charge is 2.30. The molecule has 1 unspecified atom stereocenters. The van der Waals surface area contributed by atoms with Gasteiger partial charge in [-0.2, -0.15) is 0 Å². The zero-order chi connectivity index (χ0) is 24.5. The Balaban J connectivity index is 1.97. The molecule has 0 saturated carbocycles. The van der Waals surface area contributed by atoms with Gasteiger partial charge in [-0.15, -0.1) is 0 Å². The van der Waals surface area contributed by atoms with E-state index in [9.17, 15) is 9.59 Å². The second kappa shape index (κ2) is 12.6. The fourth-order valence-electron chi connectivity index (χ4n) is 3.85. The second-order valence-corrected chi connectivity index (χ2v) is 9.25. The number of nitrogens with one attached hydrogen (secondary N) is 1. The molecular formula is C28H30Cl2N2O2. The Morgan fingerprint density at radius 2 is 1.62 bits per heavy atom. The summed E-state index contributed by atoms with van der Waals surface area (Å²) in [5.74, 6) is -0.285. The summed E-state index contributed by atoms with van der Waals surface area (Å²) in [4.78, 5) is 28.7. The van der Waals surface area contributed by atoms with Gasteiger partial charge < -0.3 is 10.2 Å². The van der Waals surface area contributed by atoms with Crippen molar-refractivity contribution in [1.29, 1.82) is 0 Å². The van der Waals surface area contributed by atoms with E-state index in [1.807, 2.05) is 74.5 Å². The normalized spacial score (nSPS) is 11.6. The zero-order valence-electron chi connectivity index (χ0n) is 19.6. The summed E-state index contributed by atoms with van der Waals surface area (Å²) in [6.07, 6.45) is 1.43. The number of amides is 2. The van der Waals surface area contributed by atoms with Crippen molar-refractivity contribution in [1.82, 2.24) is 10.2 Å². The van der Waals surface area contributed by atoms with Crippen LogP contribution in [-0.4, -0.2) is 29.3 Å². The van der Waals surface area contributed by atoms with Crippen LogP contribution in [0.2, 0.25) is 10.0 Å². The quantitative estimate of drug-likeness (QED) is 0.373. The molecule has 0 heterocycles. The third-order valence-electron chi connectivity index (χ3n) is 5.60. The molecule has 0 saturated heterocycles. The van der Waals surface area contributed by atoms with Gasteiger partial charge in [-0.25, -0.2) is 0 Å². The van der Waals surface area contributed by atoms with E-state index in [1.165, 1.54) is 0 Å². The van der Waals surface area contributed by atoms with Gasteiger partial charge in [0.1, 0.15) is 6.04 Å². The Labute approximate surface area is 211 Å². The van der Waals surface area contributed by atoms with Gasteiger partial charge in [0.05, 0.1) is 16.5 Å². The van der Waals surface area contributed by atoms with Gasteiger partial charge >= 0.3 is 0 Å². The Morgan fingerprint density at radius 3 is 2.29 bits per heavy atom. The molecule has 3 aromatic rings. The lowest BCUT2D eigenvalue weighted by atomic mass is 10.0. The molecular weight excluding hydrogens is 467 g/mol. The summed E-state index contributed by atoms with van der Waals surface area (Å²) in [7, 11) is 0. The highest BCUT2D eigenvalue weighted by atomic mass is 35.5. The summed E-state index contributed by atoms with van der Waals surface area (Å²) in [6, 6.07) is 22.3. The zero-order valence-corrected chi connectivity index (χ0v) is 21.1. The fraction of sp³-hybridized carbons (Fsp3) is 0.286. The van der Waals surface area contributed by atoms with Crippen molar-refractivity contribution in [3.8, 4) is 0 Å². The SMILES string of the molecule is CCCNC(=O)C(Cc1ccccc1)N(Cc1ccc(Cl)c(Cl)c1)C(=O)Cc1cccc(C)c1. The van der Waals surface area contributed by atoms with Gasteiger partial charge in [-0.1, -0.05) is 96.4 Å². The maximum absolute atomic E-state index is 13.7. The van der Waals surface area contributed by atoms with Gasteiger partial charge in [0.2, 0.25) is 11.8 Å². The van der Waals surface area contributed by atoms with E-state index in [0.29, 0.717) is 23.0 Å². The number of benzene rings is 3. The highest BCUT2D eigenvalue weighted by molar-refractivity contribution is 6.42. The highest BCUT2D eigenvalue weighted by Crippen LogP contribution is 2.24. The van der Waals surface area contributed by atoms with Crippen LogP contribution in [-0.2, 0) is 29.0 Å². The molecule has 0 aromatic heterocycles. The molecule has 3 aromatic carbocycles. The fourth-order valence-corrected chi connectivity index (χ4v) is 4.17. The standard InChI is InChI=1S/C28H30Cl2N2O2/c1-3-14-31-28(34)26(17-21-9-5-4-6-10-21)32(19-23-12-13-24(29)25(30)16-23)27(33)18-22-11-7-8-20(2)15-22/h4-13,15-16,26H,3,14,17-19H2,1-2H3,(H,31,34). The summed E-state index contributed by atoms with van der Waals surface area (Å²) in [5.41, 5.74) is 3.80. The molecule has 0 aliphatic heterocycles. The monoisotopic (exact) mass is 496 g/mol. The molecule has 0 fully saturated rings. The minimum absolute atomic E-state index is 0.121. The van der Waals surface area contributed by atoms with E-state index in [1.54, 1.807) is 17.0 Å². The van der Waals surface area contributed by atoms with Gasteiger partial charge in [-0.05, 0) is 42.2 Å². The van der Waals surface area contributed by atoms with Crippen molar-refractivity contribution < 1.29 is 9.59 Å². The molecule has 4 nitrogen and oxygen atoms in total. The summed E-state index contributed by atoms with van der Waals surface area (Å²) >= 11 is 12.4. The Kier molecular flexibility index (Phi) is 9.55. The number of hydrogen-bond donors (Lipinski definition) is 1. The van der Waals surface area contributed by atoms with Crippen LogP contribution in [0, 0.1) is 6.92 Å². The van der Waals surface area contributed by atoms with Crippen LogP contribution in [0.25, 0.3) is 0 Å². The number of nitrogens with zero attached hydrogens (tertiary/aromatic N) is 1. The first kappa shape index (κ1) is 25.8. The number of carbonyl (C=O) groups excluding carboxylic acids is 2. The van der Waals surface area contributed by atoms with E-state index < -0.39 is 6.04 Å². The average molecular weight is 497 g/mol. The van der Waals surface area contributed by atoms with Crippen molar-refractivity contribution in [2.75, 3.05) is 6.54 Å². The molecule has 2 amide bonds. The molecule has 6 heteroatoms. The predicted octanol–water partition coefficient (Wildman–Crippen LogP) is 6.01. The predicted molar refractivity (Wildman–Crippen MR) is 139 cm³/mol. The van der Waals surface area contributed by atoms with Crippen LogP contribution in [0.1, 0.15) is 35.6 Å².